The molecule has 7 heteroatoms. The topological polar surface area (TPSA) is 49.2 Å². The van der Waals surface area contributed by atoms with Crippen LogP contribution in [0.5, 0.6) is 5.75 Å². The highest BCUT2D eigenvalue weighted by molar-refractivity contribution is 5.67. The van der Waals surface area contributed by atoms with Crippen LogP contribution in [-0.2, 0) is 12.6 Å². The molecule has 1 aliphatic heterocycles. The predicted molar refractivity (Wildman–Crippen MR) is 88.1 cm³/mol. The summed E-state index contributed by atoms with van der Waals surface area (Å²) in [5.41, 5.74) is 0.565. The minimum atomic E-state index is -4.49. The molecule has 0 saturated carbocycles. The lowest BCUT2D eigenvalue weighted by Crippen LogP contribution is -2.33. The van der Waals surface area contributed by atoms with Gasteiger partial charge in [-0.25, -0.2) is 0 Å². The molecule has 0 aliphatic carbocycles. The van der Waals surface area contributed by atoms with Gasteiger partial charge in [0.2, 0.25) is 0 Å². The van der Waals surface area contributed by atoms with E-state index in [1.54, 1.807) is 6.07 Å². The first-order valence-corrected chi connectivity index (χ1v) is 8.24. The molecule has 2 heterocycles. The van der Waals surface area contributed by atoms with Crippen LogP contribution in [0.25, 0.3) is 11.3 Å². The third-order valence-corrected chi connectivity index (χ3v) is 4.54. The van der Waals surface area contributed by atoms with Gasteiger partial charge in [0.15, 0.2) is 0 Å². The van der Waals surface area contributed by atoms with E-state index in [1.165, 1.54) is 12.5 Å². The lowest BCUT2D eigenvalue weighted by molar-refractivity contribution is -0.137. The largest absolute Gasteiger partial charge is 0.507 e. The Bertz CT molecular complexity index is 731. The average molecular weight is 351 g/mol. The van der Waals surface area contributed by atoms with Crippen molar-refractivity contribution >= 4 is 0 Å². The number of piperidine rings is 1. The summed E-state index contributed by atoms with van der Waals surface area (Å²) < 4.78 is 38.0. The van der Waals surface area contributed by atoms with Gasteiger partial charge in [0.1, 0.15) is 5.75 Å². The van der Waals surface area contributed by atoms with Crippen molar-refractivity contribution in [1.82, 2.24) is 15.1 Å². The van der Waals surface area contributed by atoms with E-state index >= 15 is 0 Å². The molecule has 4 nitrogen and oxygen atoms in total. The van der Waals surface area contributed by atoms with Gasteiger partial charge in [-0.2, -0.15) is 23.4 Å². The lowest BCUT2D eigenvalue weighted by atomic mass is 9.93. The zero-order valence-electron chi connectivity index (χ0n) is 13.9. The first-order chi connectivity index (χ1) is 11.8. The summed E-state index contributed by atoms with van der Waals surface area (Å²) >= 11 is 0. The zero-order valence-corrected chi connectivity index (χ0v) is 13.9. The summed E-state index contributed by atoms with van der Waals surface area (Å²) in [7, 11) is 2.11. The monoisotopic (exact) mass is 351 g/mol. The van der Waals surface area contributed by atoms with Crippen molar-refractivity contribution in [3.05, 3.63) is 41.6 Å². The molecular formula is C18H20F3N3O. The highest BCUT2D eigenvalue weighted by Gasteiger charge is 2.31. The average Bonchev–Trinajstić information content (AvgIpc) is 2.55. The van der Waals surface area contributed by atoms with Crippen molar-refractivity contribution in [2.75, 3.05) is 20.1 Å². The van der Waals surface area contributed by atoms with Crippen LogP contribution < -0.4 is 0 Å². The number of phenolic OH excluding ortho intramolecular Hbond substituents is 1. The number of hydrogen-bond acceptors (Lipinski definition) is 4. The van der Waals surface area contributed by atoms with Crippen LogP contribution in [0.2, 0.25) is 0 Å². The number of aromatic hydroxyl groups is 1. The van der Waals surface area contributed by atoms with Gasteiger partial charge in [-0.05, 0) is 69.1 Å². The van der Waals surface area contributed by atoms with Gasteiger partial charge in [0.25, 0.3) is 0 Å². The fraction of sp³-hybridized carbons (Fsp3) is 0.444. The minimum Gasteiger partial charge on any atom is -0.507 e. The molecule has 0 amide bonds. The number of hydrogen-bond donors (Lipinski definition) is 1. The molecule has 0 radical (unpaired) electrons. The molecule has 1 atom stereocenters. The van der Waals surface area contributed by atoms with Gasteiger partial charge < -0.3 is 10.0 Å². The van der Waals surface area contributed by atoms with Gasteiger partial charge >= 0.3 is 6.18 Å². The lowest BCUT2D eigenvalue weighted by Gasteiger charge is -2.29. The fourth-order valence-electron chi connectivity index (χ4n) is 3.27. The number of phenols is 1. The van der Waals surface area contributed by atoms with Crippen molar-refractivity contribution in [2.45, 2.75) is 25.4 Å². The Kier molecular flexibility index (Phi) is 4.94. The fourth-order valence-corrected chi connectivity index (χ4v) is 3.27. The number of rotatable bonds is 3. The quantitative estimate of drug-likeness (QED) is 0.915. The molecule has 2 aromatic rings. The van der Waals surface area contributed by atoms with Gasteiger partial charge in [-0.15, -0.1) is 0 Å². The van der Waals surface area contributed by atoms with Crippen LogP contribution in [0.3, 0.4) is 0 Å². The number of aromatic nitrogens is 2. The molecule has 25 heavy (non-hydrogen) atoms. The summed E-state index contributed by atoms with van der Waals surface area (Å²) in [4.78, 5) is 2.30. The Hall–Kier alpha value is -2.15. The van der Waals surface area contributed by atoms with Crippen molar-refractivity contribution in [2.24, 2.45) is 5.92 Å². The third-order valence-electron chi connectivity index (χ3n) is 4.54. The Balaban J connectivity index is 1.74. The molecule has 1 aromatic heterocycles. The maximum absolute atomic E-state index is 12.7. The molecule has 1 unspecified atom stereocenters. The maximum Gasteiger partial charge on any atom is 0.416 e. The molecule has 134 valence electrons. The Morgan fingerprint density at radius 3 is 2.60 bits per heavy atom. The van der Waals surface area contributed by atoms with Crippen molar-refractivity contribution < 1.29 is 18.3 Å². The molecule has 0 spiro atoms. The van der Waals surface area contributed by atoms with E-state index in [9.17, 15) is 18.3 Å². The molecule has 1 fully saturated rings. The molecule has 1 N–H and O–H groups in total. The zero-order chi connectivity index (χ0) is 18.0. The summed E-state index contributed by atoms with van der Waals surface area (Å²) in [5.74, 6) is 0.0872. The van der Waals surface area contributed by atoms with E-state index < -0.39 is 17.5 Å². The predicted octanol–water partition coefficient (Wildman–Crippen LogP) is 3.75. The molecule has 1 aliphatic rings. The molecule has 1 saturated heterocycles. The first-order valence-electron chi connectivity index (χ1n) is 8.24. The van der Waals surface area contributed by atoms with Gasteiger partial charge in [0, 0.05) is 12.1 Å². The number of alkyl halides is 3. The minimum absolute atomic E-state index is 0.240. The second-order valence-electron chi connectivity index (χ2n) is 6.61. The van der Waals surface area contributed by atoms with Crippen LogP contribution in [0.1, 0.15) is 24.1 Å². The van der Waals surface area contributed by atoms with Crippen LogP contribution in [0, 0.1) is 5.92 Å². The van der Waals surface area contributed by atoms with E-state index in [-0.39, 0.29) is 5.56 Å². The van der Waals surface area contributed by atoms with Crippen LogP contribution in [0.4, 0.5) is 13.2 Å². The second-order valence-corrected chi connectivity index (χ2v) is 6.61. The van der Waals surface area contributed by atoms with Crippen molar-refractivity contribution in [3.8, 4) is 17.0 Å². The Morgan fingerprint density at radius 1 is 1.20 bits per heavy atom. The smallest absolute Gasteiger partial charge is 0.416 e. The SMILES string of the molecule is CN1CCCC(Cc2ccc(-c3ccc(C(F)(F)F)cc3O)nn2)C1. The standard InChI is InChI=1S/C18H20F3N3O/c1-24-8-2-3-12(11-24)9-14-5-7-16(23-22-14)15-6-4-13(10-17(15)25)18(19,20)21/h4-7,10,12,25H,2-3,8-9,11H2,1H3. The summed E-state index contributed by atoms with van der Waals surface area (Å²) in [5, 5.41) is 18.2. The Labute approximate surface area is 144 Å². The Morgan fingerprint density at radius 2 is 2.00 bits per heavy atom. The van der Waals surface area contributed by atoms with Gasteiger partial charge in [-0.3, -0.25) is 0 Å². The molecule has 1 aromatic carbocycles. The van der Waals surface area contributed by atoms with E-state index in [4.69, 9.17) is 0 Å². The second kappa shape index (κ2) is 7.00. The maximum atomic E-state index is 12.7. The summed E-state index contributed by atoms with van der Waals surface area (Å²) in [6, 6.07) is 6.38. The van der Waals surface area contributed by atoms with Crippen molar-refractivity contribution in [1.29, 1.82) is 0 Å². The van der Waals surface area contributed by atoms with E-state index in [2.05, 4.69) is 22.1 Å². The van der Waals surface area contributed by atoms with Crippen LogP contribution in [0.15, 0.2) is 30.3 Å². The number of halogens is 3. The number of benzene rings is 1. The van der Waals surface area contributed by atoms with Crippen molar-refractivity contribution in [3.63, 3.8) is 0 Å². The third kappa shape index (κ3) is 4.28. The molecular weight excluding hydrogens is 331 g/mol. The van der Waals surface area contributed by atoms with E-state index in [0.29, 0.717) is 17.7 Å². The normalized spacial score (nSPS) is 19.1. The van der Waals surface area contributed by atoms with E-state index in [0.717, 1.165) is 37.7 Å². The highest BCUT2D eigenvalue weighted by Crippen LogP contribution is 2.35. The first kappa shape index (κ1) is 17.7. The molecule has 0 bridgehead atoms. The highest BCUT2D eigenvalue weighted by atomic mass is 19.4. The van der Waals surface area contributed by atoms with Gasteiger partial charge in [0.05, 0.1) is 17.0 Å². The van der Waals surface area contributed by atoms with Gasteiger partial charge in [-0.1, -0.05) is 0 Å². The summed E-state index contributed by atoms with van der Waals surface area (Å²) in [6.07, 6.45) is -1.32. The number of likely N-dealkylation sites (tertiary alicyclic amines) is 1. The number of nitrogens with zero attached hydrogens (tertiary/aromatic N) is 3. The molecule has 3 rings (SSSR count). The summed E-state index contributed by atoms with van der Waals surface area (Å²) in [6.45, 7) is 2.15. The van der Waals surface area contributed by atoms with Crippen LogP contribution in [-0.4, -0.2) is 40.3 Å². The van der Waals surface area contributed by atoms with Crippen LogP contribution >= 0.6 is 0 Å². The van der Waals surface area contributed by atoms with E-state index in [1.807, 2.05) is 6.07 Å².